The van der Waals surface area contributed by atoms with Gasteiger partial charge in [-0.15, -0.1) is 0 Å². The Bertz CT molecular complexity index is 540. The molecule has 1 aliphatic heterocycles. The lowest BCUT2D eigenvalue weighted by Crippen LogP contribution is -2.45. The molecular weight excluding hydrogens is 250 g/mol. The van der Waals surface area contributed by atoms with E-state index in [1.165, 1.54) is 12.8 Å². The van der Waals surface area contributed by atoms with Crippen molar-refractivity contribution in [3.8, 4) is 11.1 Å². The average molecular weight is 269 g/mol. The van der Waals surface area contributed by atoms with Crippen LogP contribution in [0.25, 0.3) is 11.1 Å². The van der Waals surface area contributed by atoms with Gasteiger partial charge in [0.15, 0.2) is 0 Å². The van der Waals surface area contributed by atoms with Gasteiger partial charge in [-0.05, 0) is 25.3 Å². The van der Waals surface area contributed by atoms with E-state index in [1.807, 2.05) is 30.7 Å². The van der Waals surface area contributed by atoms with Crippen LogP contribution in [0, 0.1) is 0 Å². The quantitative estimate of drug-likeness (QED) is 0.921. The maximum atomic E-state index is 5.85. The van der Waals surface area contributed by atoms with E-state index < -0.39 is 0 Å². The Labute approximate surface area is 118 Å². The maximum absolute atomic E-state index is 5.85. The van der Waals surface area contributed by atoms with Crippen molar-refractivity contribution >= 4 is 5.95 Å². The van der Waals surface area contributed by atoms with Crippen LogP contribution >= 0.6 is 0 Å². The van der Waals surface area contributed by atoms with Crippen molar-refractivity contribution in [3.63, 3.8) is 0 Å². The van der Waals surface area contributed by atoms with E-state index in [4.69, 9.17) is 5.73 Å². The number of nitrogens with two attached hydrogens (primary N) is 1. The molecule has 0 aromatic carbocycles. The fourth-order valence-corrected chi connectivity index (χ4v) is 2.66. The van der Waals surface area contributed by atoms with Gasteiger partial charge in [0.25, 0.3) is 0 Å². The van der Waals surface area contributed by atoms with Gasteiger partial charge in [0.05, 0.1) is 0 Å². The van der Waals surface area contributed by atoms with Crippen LogP contribution in [0.1, 0.15) is 19.3 Å². The molecule has 20 heavy (non-hydrogen) atoms. The van der Waals surface area contributed by atoms with E-state index in [0.29, 0.717) is 12.6 Å². The minimum Gasteiger partial charge on any atom is -0.337 e. The van der Waals surface area contributed by atoms with Crippen molar-refractivity contribution in [1.82, 2.24) is 15.0 Å². The van der Waals surface area contributed by atoms with Crippen LogP contribution in [0.3, 0.4) is 0 Å². The molecule has 3 heterocycles. The fraction of sp³-hybridized carbons (Fsp3) is 0.400. The van der Waals surface area contributed by atoms with Gasteiger partial charge in [-0.2, -0.15) is 0 Å². The van der Waals surface area contributed by atoms with Crippen molar-refractivity contribution in [1.29, 1.82) is 0 Å². The lowest BCUT2D eigenvalue weighted by Gasteiger charge is -2.34. The van der Waals surface area contributed by atoms with Gasteiger partial charge < -0.3 is 10.6 Å². The number of hydrogen-bond acceptors (Lipinski definition) is 5. The van der Waals surface area contributed by atoms with E-state index in [2.05, 4.69) is 19.9 Å². The van der Waals surface area contributed by atoms with E-state index in [0.717, 1.165) is 30.0 Å². The molecule has 2 aromatic rings. The summed E-state index contributed by atoms with van der Waals surface area (Å²) in [6.45, 7) is 1.65. The summed E-state index contributed by atoms with van der Waals surface area (Å²) in [5.41, 5.74) is 7.87. The Balaban J connectivity index is 1.82. The van der Waals surface area contributed by atoms with Crippen molar-refractivity contribution < 1.29 is 0 Å². The summed E-state index contributed by atoms with van der Waals surface area (Å²) in [6.07, 6.45) is 10.9. The highest BCUT2D eigenvalue weighted by atomic mass is 15.3. The molecule has 5 heteroatoms. The predicted molar refractivity (Wildman–Crippen MR) is 79.3 cm³/mol. The monoisotopic (exact) mass is 269 g/mol. The maximum Gasteiger partial charge on any atom is 0.225 e. The Morgan fingerprint density at radius 2 is 2.00 bits per heavy atom. The second-order valence-corrected chi connectivity index (χ2v) is 5.09. The first kappa shape index (κ1) is 13.0. The molecule has 1 unspecified atom stereocenters. The zero-order valence-corrected chi connectivity index (χ0v) is 11.4. The SMILES string of the molecule is NCC1CCCCN1c1ncc(-c2cccnc2)cn1. The first-order valence-corrected chi connectivity index (χ1v) is 7.07. The molecule has 0 bridgehead atoms. The Kier molecular flexibility index (Phi) is 3.87. The third-order valence-corrected chi connectivity index (χ3v) is 3.79. The van der Waals surface area contributed by atoms with Crippen LogP contribution in [0.2, 0.25) is 0 Å². The number of aromatic nitrogens is 3. The summed E-state index contributed by atoms with van der Waals surface area (Å²) in [5.74, 6) is 0.785. The highest BCUT2D eigenvalue weighted by molar-refractivity contribution is 5.60. The van der Waals surface area contributed by atoms with Crippen LogP contribution in [-0.4, -0.2) is 34.1 Å². The number of rotatable bonds is 3. The molecular formula is C15H19N5. The average Bonchev–Trinajstić information content (AvgIpc) is 2.56. The van der Waals surface area contributed by atoms with Gasteiger partial charge in [0.2, 0.25) is 5.95 Å². The third kappa shape index (κ3) is 2.63. The normalized spacial score (nSPS) is 19.1. The molecule has 104 valence electrons. The number of hydrogen-bond donors (Lipinski definition) is 1. The highest BCUT2D eigenvalue weighted by Gasteiger charge is 2.23. The highest BCUT2D eigenvalue weighted by Crippen LogP contribution is 2.22. The number of nitrogens with zero attached hydrogens (tertiary/aromatic N) is 4. The van der Waals surface area contributed by atoms with E-state index >= 15 is 0 Å². The second kappa shape index (κ2) is 5.96. The Morgan fingerprint density at radius 3 is 2.70 bits per heavy atom. The third-order valence-electron chi connectivity index (χ3n) is 3.79. The number of pyridine rings is 1. The molecule has 0 spiro atoms. The molecule has 2 aromatic heterocycles. The minimum atomic E-state index is 0.369. The van der Waals surface area contributed by atoms with E-state index in [-0.39, 0.29) is 0 Å². The largest absolute Gasteiger partial charge is 0.337 e. The number of piperidine rings is 1. The van der Waals surface area contributed by atoms with E-state index in [9.17, 15) is 0 Å². The molecule has 3 rings (SSSR count). The molecule has 1 atom stereocenters. The van der Waals surface area contributed by atoms with Crippen LogP contribution in [0.4, 0.5) is 5.95 Å². The first-order chi connectivity index (χ1) is 9.88. The van der Waals surface area contributed by atoms with Gasteiger partial charge in [0.1, 0.15) is 0 Å². The standard InChI is InChI=1S/C15H19N5/c16-8-14-5-1-2-7-20(14)15-18-10-13(11-19-15)12-4-3-6-17-9-12/h3-4,6,9-11,14H,1-2,5,7-8,16H2. The van der Waals surface area contributed by atoms with Crippen molar-refractivity contribution in [2.24, 2.45) is 5.73 Å². The fourth-order valence-electron chi connectivity index (χ4n) is 2.66. The summed E-state index contributed by atoms with van der Waals surface area (Å²) in [7, 11) is 0. The summed E-state index contributed by atoms with van der Waals surface area (Å²) in [4.78, 5) is 15.4. The molecule has 0 saturated carbocycles. The van der Waals surface area contributed by atoms with Gasteiger partial charge in [-0.1, -0.05) is 6.07 Å². The second-order valence-electron chi connectivity index (χ2n) is 5.09. The molecule has 2 N–H and O–H groups in total. The molecule has 0 radical (unpaired) electrons. The molecule has 1 aliphatic rings. The molecule has 1 fully saturated rings. The molecule has 1 saturated heterocycles. The van der Waals surface area contributed by atoms with Gasteiger partial charge in [-0.3, -0.25) is 4.98 Å². The summed E-state index contributed by atoms with van der Waals surface area (Å²) in [5, 5.41) is 0. The topological polar surface area (TPSA) is 67.9 Å². The Hall–Kier alpha value is -2.01. The summed E-state index contributed by atoms with van der Waals surface area (Å²) < 4.78 is 0. The van der Waals surface area contributed by atoms with Crippen LogP contribution in [-0.2, 0) is 0 Å². The summed E-state index contributed by atoms with van der Waals surface area (Å²) >= 11 is 0. The van der Waals surface area contributed by atoms with Crippen molar-refractivity contribution in [3.05, 3.63) is 36.9 Å². The first-order valence-electron chi connectivity index (χ1n) is 7.07. The van der Waals surface area contributed by atoms with Gasteiger partial charge in [-0.25, -0.2) is 9.97 Å². The van der Waals surface area contributed by atoms with Crippen LogP contribution in [0.15, 0.2) is 36.9 Å². The van der Waals surface area contributed by atoms with E-state index in [1.54, 1.807) is 6.20 Å². The van der Waals surface area contributed by atoms with Gasteiger partial charge in [0, 0.05) is 55.0 Å². The smallest absolute Gasteiger partial charge is 0.225 e. The van der Waals surface area contributed by atoms with Crippen LogP contribution in [0.5, 0.6) is 0 Å². The van der Waals surface area contributed by atoms with Crippen molar-refractivity contribution in [2.45, 2.75) is 25.3 Å². The number of anilines is 1. The predicted octanol–water partition coefficient (Wildman–Crippen LogP) is 1.86. The minimum absolute atomic E-state index is 0.369. The zero-order valence-electron chi connectivity index (χ0n) is 11.4. The Morgan fingerprint density at radius 1 is 1.15 bits per heavy atom. The molecule has 0 aliphatic carbocycles. The zero-order chi connectivity index (χ0) is 13.8. The molecule has 0 amide bonds. The summed E-state index contributed by atoms with van der Waals surface area (Å²) in [6, 6.07) is 4.29. The van der Waals surface area contributed by atoms with Crippen LogP contribution < -0.4 is 10.6 Å². The molecule has 5 nitrogen and oxygen atoms in total. The van der Waals surface area contributed by atoms with Gasteiger partial charge >= 0.3 is 0 Å². The lowest BCUT2D eigenvalue weighted by atomic mass is 10.0. The lowest BCUT2D eigenvalue weighted by molar-refractivity contribution is 0.458. The van der Waals surface area contributed by atoms with Crippen molar-refractivity contribution in [2.75, 3.05) is 18.0 Å².